The molecule has 5 heteroatoms. The van der Waals surface area contributed by atoms with Crippen molar-refractivity contribution in [3.8, 4) is 0 Å². The maximum atomic E-state index is 11.9. The van der Waals surface area contributed by atoms with Crippen molar-refractivity contribution in [1.82, 2.24) is 4.57 Å². The number of sulfone groups is 1. The maximum Gasteiger partial charge on any atom is 0.250 e. The third kappa shape index (κ3) is 3.93. The molecule has 1 heterocycles. The van der Waals surface area contributed by atoms with Crippen LogP contribution in [0.25, 0.3) is 0 Å². The highest BCUT2D eigenvalue weighted by molar-refractivity contribution is 7.92. The molecule has 0 bridgehead atoms. The Balaban J connectivity index is 2.89. The summed E-state index contributed by atoms with van der Waals surface area (Å²) in [4.78, 5) is 11.9. The zero-order valence-electron chi connectivity index (χ0n) is 12.3. The first-order valence-electron chi connectivity index (χ1n) is 6.44. The second-order valence-corrected chi connectivity index (χ2v) is 8.58. The lowest BCUT2D eigenvalue weighted by atomic mass is 10.1. The molecule has 0 aliphatic heterocycles. The number of hydrogen-bond donors (Lipinski definition) is 0. The molecular weight excluding hydrogens is 262 g/mol. The van der Waals surface area contributed by atoms with Crippen molar-refractivity contribution in [2.75, 3.05) is 6.26 Å². The standard InChI is InChI=1S/C14H23NO3S/c1-11(2)12-6-8-15(13(16)10-12)9-7-14(3,4)19(5,17)18/h6,8,10-11H,7,9H2,1-5H3. The van der Waals surface area contributed by atoms with Gasteiger partial charge in [-0.25, -0.2) is 8.42 Å². The van der Waals surface area contributed by atoms with Crippen molar-refractivity contribution < 1.29 is 8.42 Å². The fourth-order valence-electron chi connectivity index (χ4n) is 1.64. The van der Waals surface area contributed by atoms with Gasteiger partial charge in [-0.3, -0.25) is 4.79 Å². The average molecular weight is 285 g/mol. The fourth-order valence-corrected chi connectivity index (χ4v) is 2.10. The molecule has 0 atom stereocenters. The largest absolute Gasteiger partial charge is 0.315 e. The van der Waals surface area contributed by atoms with E-state index >= 15 is 0 Å². The zero-order valence-corrected chi connectivity index (χ0v) is 13.1. The molecular formula is C14H23NO3S. The minimum absolute atomic E-state index is 0.0736. The second-order valence-electron chi connectivity index (χ2n) is 5.93. The van der Waals surface area contributed by atoms with E-state index in [1.807, 2.05) is 19.9 Å². The molecule has 0 aliphatic carbocycles. The van der Waals surface area contributed by atoms with Gasteiger partial charge in [0.25, 0.3) is 5.56 Å². The molecule has 4 nitrogen and oxygen atoms in total. The van der Waals surface area contributed by atoms with Crippen LogP contribution in [0.1, 0.15) is 45.6 Å². The SMILES string of the molecule is CC(C)c1ccn(CCC(C)(C)S(C)(=O)=O)c(=O)c1. The van der Waals surface area contributed by atoms with Crippen LogP contribution in [0.5, 0.6) is 0 Å². The normalized spacial score (nSPS) is 12.9. The Kier molecular flexibility index (Phi) is 4.61. The van der Waals surface area contributed by atoms with Crippen molar-refractivity contribution in [2.45, 2.75) is 51.3 Å². The lowest BCUT2D eigenvalue weighted by molar-refractivity contribution is 0.494. The summed E-state index contributed by atoms with van der Waals surface area (Å²) in [6.07, 6.45) is 3.40. The van der Waals surface area contributed by atoms with Crippen molar-refractivity contribution in [1.29, 1.82) is 0 Å². The molecule has 0 spiro atoms. The number of aromatic nitrogens is 1. The van der Waals surface area contributed by atoms with Gasteiger partial charge in [0.05, 0.1) is 4.75 Å². The summed E-state index contributed by atoms with van der Waals surface area (Å²) in [6, 6.07) is 3.54. The summed E-state index contributed by atoms with van der Waals surface area (Å²) in [5, 5.41) is 0. The summed E-state index contributed by atoms with van der Waals surface area (Å²) >= 11 is 0. The number of nitrogens with zero attached hydrogens (tertiary/aromatic N) is 1. The van der Waals surface area contributed by atoms with E-state index in [1.165, 1.54) is 6.26 Å². The van der Waals surface area contributed by atoms with Crippen LogP contribution in [-0.4, -0.2) is 24.0 Å². The minimum atomic E-state index is -3.12. The number of hydrogen-bond acceptors (Lipinski definition) is 3. The summed E-state index contributed by atoms with van der Waals surface area (Å²) in [5.41, 5.74) is 0.930. The van der Waals surface area contributed by atoms with Gasteiger partial charge in [-0.05, 0) is 37.8 Å². The van der Waals surface area contributed by atoms with Gasteiger partial charge < -0.3 is 4.57 Å². The van der Waals surface area contributed by atoms with E-state index in [9.17, 15) is 13.2 Å². The molecule has 0 radical (unpaired) electrons. The summed E-state index contributed by atoms with van der Waals surface area (Å²) in [6.45, 7) is 7.86. The Morgan fingerprint density at radius 3 is 2.32 bits per heavy atom. The number of aryl methyl sites for hydroxylation is 1. The molecule has 0 unspecified atom stereocenters. The van der Waals surface area contributed by atoms with Crippen molar-refractivity contribution >= 4 is 9.84 Å². The molecule has 0 aliphatic rings. The summed E-state index contributed by atoms with van der Waals surface area (Å²) in [5.74, 6) is 0.315. The van der Waals surface area contributed by atoms with Crippen molar-refractivity contribution in [2.24, 2.45) is 0 Å². The molecule has 0 amide bonds. The van der Waals surface area contributed by atoms with Gasteiger partial charge >= 0.3 is 0 Å². The minimum Gasteiger partial charge on any atom is -0.315 e. The lowest BCUT2D eigenvalue weighted by Crippen LogP contribution is -2.33. The molecule has 0 saturated heterocycles. The van der Waals surface area contributed by atoms with Gasteiger partial charge in [0.1, 0.15) is 0 Å². The molecule has 0 aromatic carbocycles. The van der Waals surface area contributed by atoms with Crippen LogP contribution < -0.4 is 5.56 Å². The topological polar surface area (TPSA) is 56.1 Å². The quantitative estimate of drug-likeness (QED) is 0.833. The monoisotopic (exact) mass is 285 g/mol. The highest BCUT2D eigenvalue weighted by Gasteiger charge is 2.29. The van der Waals surface area contributed by atoms with Crippen LogP contribution in [0.15, 0.2) is 23.1 Å². The molecule has 108 valence electrons. The summed E-state index contributed by atoms with van der Waals surface area (Å²) < 4.78 is 24.0. The van der Waals surface area contributed by atoms with Crippen molar-refractivity contribution in [3.63, 3.8) is 0 Å². The van der Waals surface area contributed by atoms with Crippen LogP contribution in [0.2, 0.25) is 0 Å². The predicted molar refractivity (Wildman–Crippen MR) is 78.3 cm³/mol. The van der Waals surface area contributed by atoms with E-state index in [1.54, 1.807) is 30.7 Å². The first-order valence-corrected chi connectivity index (χ1v) is 8.34. The number of rotatable bonds is 5. The van der Waals surface area contributed by atoms with Crippen LogP contribution in [0.3, 0.4) is 0 Å². The predicted octanol–water partition coefficient (Wildman–Crippen LogP) is 2.19. The van der Waals surface area contributed by atoms with E-state index in [4.69, 9.17) is 0 Å². The van der Waals surface area contributed by atoms with Crippen LogP contribution in [0, 0.1) is 0 Å². The van der Waals surface area contributed by atoms with Crippen LogP contribution in [-0.2, 0) is 16.4 Å². The van der Waals surface area contributed by atoms with E-state index in [0.717, 1.165) is 5.56 Å². The molecule has 1 aromatic heterocycles. The van der Waals surface area contributed by atoms with Gasteiger partial charge in [-0.1, -0.05) is 13.8 Å². The Morgan fingerprint density at radius 1 is 1.32 bits per heavy atom. The second kappa shape index (κ2) is 5.49. The van der Waals surface area contributed by atoms with Crippen LogP contribution in [0.4, 0.5) is 0 Å². The van der Waals surface area contributed by atoms with Gasteiger partial charge in [-0.2, -0.15) is 0 Å². The smallest absolute Gasteiger partial charge is 0.250 e. The Hall–Kier alpha value is -1.10. The van der Waals surface area contributed by atoms with Crippen LogP contribution >= 0.6 is 0 Å². The van der Waals surface area contributed by atoms with Gasteiger partial charge in [0.2, 0.25) is 0 Å². The van der Waals surface area contributed by atoms with Gasteiger partial charge in [0.15, 0.2) is 9.84 Å². The highest BCUT2D eigenvalue weighted by atomic mass is 32.2. The molecule has 0 saturated carbocycles. The fraction of sp³-hybridized carbons (Fsp3) is 0.643. The van der Waals surface area contributed by atoms with Crippen molar-refractivity contribution in [3.05, 3.63) is 34.2 Å². The summed E-state index contributed by atoms with van der Waals surface area (Å²) in [7, 11) is -3.12. The zero-order chi connectivity index (χ0) is 14.8. The third-order valence-electron chi connectivity index (χ3n) is 3.65. The lowest BCUT2D eigenvalue weighted by Gasteiger charge is -2.22. The highest BCUT2D eigenvalue weighted by Crippen LogP contribution is 2.20. The molecule has 0 fully saturated rings. The molecule has 0 N–H and O–H groups in total. The first kappa shape index (κ1) is 16.0. The molecule has 1 rings (SSSR count). The number of pyridine rings is 1. The molecule has 1 aromatic rings. The Bertz CT molecular complexity index is 597. The Labute approximate surface area is 115 Å². The van der Waals surface area contributed by atoms with Gasteiger partial charge in [0, 0.05) is 25.1 Å². The third-order valence-corrected chi connectivity index (χ3v) is 5.86. The first-order chi connectivity index (χ1) is 8.54. The van der Waals surface area contributed by atoms with Gasteiger partial charge in [-0.15, -0.1) is 0 Å². The average Bonchev–Trinajstić information content (AvgIpc) is 2.25. The maximum absolute atomic E-state index is 11.9. The Morgan fingerprint density at radius 2 is 1.89 bits per heavy atom. The molecule has 19 heavy (non-hydrogen) atoms. The van der Waals surface area contributed by atoms with E-state index in [0.29, 0.717) is 18.9 Å². The van der Waals surface area contributed by atoms with E-state index < -0.39 is 14.6 Å². The van der Waals surface area contributed by atoms with E-state index in [-0.39, 0.29) is 5.56 Å². The van der Waals surface area contributed by atoms with E-state index in [2.05, 4.69) is 0 Å².